The van der Waals surface area contributed by atoms with E-state index in [-0.39, 0.29) is 0 Å². The quantitative estimate of drug-likeness (QED) is 0.797. The molecule has 1 fully saturated rings. The summed E-state index contributed by atoms with van der Waals surface area (Å²) in [6.45, 7) is 1.52. The summed E-state index contributed by atoms with van der Waals surface area (Å²) in [5, 5.41) is 2.95. The predicted molar refractivity (Wildman–Crippen MR) is 60.0 cm³/mol. The van der Waals surface area contributed by atoms with Gasteiger partial charge in [0.05, 0.1) is 12.0 Å². The second-order valence-electron chi connectivity index (χ2n) is 3.67. The molecule has 0 spiro atoms. The number of fused-ring (bicyclic) bond motifs is 1. The molecule has 1 atom stereocenters. The SMILES string of the molecule is Nc1nc(C2CCOC2)nc2sccc12. The molecule has 4 nitrogen and oxygen atoms in total. The van der Waals surface area contributed by atoms with Crippen LogP contribution in [0.2, 0.25) is 0 Å². The zero-order valence-electron chi connectivity index (χ0n) is 8.14. The molecule has 5 heteroatoms. The molecular formula is C10H11N3OS. The molecule has 0 radical (unpaired) electrons. The van der Waals surface area contributed by atoms with Gasteiger partial charge in [0, 0.05) is 12.5 Å². The van der Waals surface area contributed by atoms with Crippen molar-refractivity contribution in [2.45, 2.75) is 12.3 Å². The van der Waals surface area contributed by atoms with E-state index >= 15 is 0 Å². The molecule has 3 rings (SSSR count). The number of aromatic nitrogens is 2. The predicted octanol–water partition coefficient (Wildman–Crippen LogP) is 1.78. The number of nitrogens with zero attached hydrogens (tertiary/aromatic N) is 2. The van der Waals surface area contributed by atoms with E-state index in [9.17, 15) is 0 Å². The largest absolute Gasteiger partial charge is 0.383 e. The van der Waals surface area contributed by atoms with Gasteiger partial charge in [-0.3, -0.25) is 0 Å². The summed E-state index contributed by atoms with van der Waals surface area (Å²) in [5.74, 6) is 1.74. The highest BCUT2D eigenvalue weighted by Gasteiger charge is 2.21. The van der Waals surface area contributed by atoms with Crippen LogP contribution in [0.15, 0.2) is 11.4 Å². The fraction of sp³-hybridized carbons (Fsp3) is 0.400. The van der Waals surface area contributed by atoms with Crippen molar-refractivity contribution in [3.8, 4) is 0 Å². The average Bonchev–Trinajstić information content (AvgIpc) is 2.88. The smallest absolute Gasteiger partial charge is 0.137 e. The van der Waals surface area contributed by atoms with Gasteiger partial charge in [-0.1, -0.05) is 0 Å². The minimum absolute atomic E-state index is 0.318. The first-order valence-electron chi connectivity index (χ1n) is 4.93. The Kier molecular flexibility index (Phi) is 2.07. The van der Waals surface area contributed by atoms with E-state index in [1.165, 1.54) is 0 Å². The number of rotatable bonds is 1. The number of ether oxygens (including phenoxy) is 1. The topological polar surface area (TPSA) is 61.0 Å². The monoisotopic (exact) mass is 221 g/mol. The van der Waals surface area contributed by atoms with Crippen LogP contribution in [0, 0.1) is 0 Å². The number of hydrogen-bond acceptors (Lipinski definition) is 5. The highest BCUT2D eigenvalue weighted by Crippen LogP contribution is 2.28. The van der Waals surface area contributed by atoms with E-state index in [4.69, 9.17) is 10.5 Å². The van der Waals surface area contributed by atoms with E-state index in [0.717, 1.165) is 35.7 Å². The molecule has 0 aromatic carbocycles. The van der Waals surface area contributed by atoms with Gasteiger partial charge in [-0.15, -0.1) is 11.3 Å². The van der Waals surface area contributed by atoms with Crippen molar-refractivity contribution in [1.29, 1.82) is 0 Å². The third kappa shape index (κ3) is 1.48. The summed E-state index contributed by atoms with van der Waals surface area (Å²) in [6, 6.07) is 1.96. The second kappa shape index (κ2) is 3.43. The van der Waals surface area contributed by atoms with Crippen molar-refractivity contribution in [1.82, 2.24) is 9.97 Å². The Bertz CT molecular complexity index is 490. The molecule has 1 aliphatic heterocycles. The lowest BCUT2D eigenvalue weighted by molar-refractivity contribution is 0.193. The number of hydrogen-bond donors (Lipinski definition) is 1. The Morgan fingerprint density at radius 1 is 1.47 bits per heavy atom. The Morgan fingerprint density at radius 2 is 2.40 bits per heavy atom. The van der Waals surface area contributed by atoms with Gasteiger partial charge in [-0.2, -0.15) is 0 Å². The van der Waals surface area contributed by atoms with Crippen LogP contribution in [0.25, 0.3) is 10.2 Å². The number of anilines is 1. The third-order valence-corrected chi connectivity index (χ3v) is 3.47. The van der Waals surface area contributed by atoms with Crippen LogP contribution in [0.1, 0.15) is 18.2 Å². The molecule has 2 aromatic rings. The lowest BCUT2D eigenvalue weighted by Crippen LogP contribution is -2.06. The standard InChI is InChI=1S/C10H11N3OS/c11-8-7-2-4-15-10(7)13-9(12-8)6-1-3-14-5-6/h2,4,6H,1,3,5H2,(H2,11,12,13). The molecule has 0 amide bonds. The molecule has 0 aliphatic carbocycles. The Labute approximate surface area is 91.1 Å². The van der Waals surface area contributed by atoms with Gasteiger partial charge in [0.15, 0.2) is 0 Å². The molecular weight excluding hydrogens is 210 g/mol. The Balaban J connectivity index is 2.11. The third-order valence-electron chi connectivity index (χ3n) is 2.67. The molecule has 15 heavy (non-hydrogen) atoms. The lowest BCUT2D eigenvalue weighted by atomic mass is 10.1. The molecule has 2 aromatic heterocycles. The molecule has 1 aliphatic rings. The number of nitrogen functional groups attached to an aromatic ring is 1. The zero-order valence-corrected chi connectivity index (χ0v) is 8.96. The van der Waals surface area contributed by atoms with Crippen LogP contribution >= 0.6 is 11.3 Å². The molecule has 1 unspecified atom stereocenters. The van der Waals surface area contributed by atoms with Gasteiger partial charge in [-0.25, -0.2) is 9.97 Å². The fourth-order valence-corrected chi connectivity index (χ4v) is 2.60. The summed E-state index contributed by atoms with van der Waals surface area (Å²) in [6.07, 6.45) is 0.996. The van der Waals surface area contributed by atoms with Crippen molar-refractivity contribution in [2.24, 2.45) is 0 Å². The minimum Gasteiger partial charge on any atom is -0.383 e. The van der Waals surface area contributed by atoms with Crippen molar-refractivity contribution in [3.05, 3.63) is 17.3 Å². The highest BCUT2D eigenvalue weighted by molar-refractivity contribution is 7.16. The molecule has 0 bridgehead atoms. The van der Waals surface area contributed by atoms with E-state index in [2.05, 4.69) is 9.97 Å². The second-order valence-corrected chi connectivity index (χ2v) is 4.56. The highest BCUT2D eigenvalue weighted by atomic mass is 32.1. The van der Waals surface area contributed by atoms with Crippen LogP contribution < -0.4 is 5.73 Å². The molecule has 2 N–H and O–H groups in total. The van der Waals surface area contributed by atoms with E-state index < -0.39 is 0 Å². The molecule has 78 valence electrons. The molecule has 3 heterocycles. The van der Waals surface area contributed by atoms with Crippen LogP contribution in [0.3, 0.4) is 0 Å². The van der Waals surface area contributed by atoms with Crippen LogP contribution in [-0.2, 0) is 4.74 Å². The van der Waals surface area contributed by atoms with Crippen LogP contribution in [0.5, 0.6) is 0 Å². The minimum atomic E-state index is 0.318. The van der Waals surface area contributed by atoms with Crippen LogP contribution in [0.4, 0.5) is 5.82 Å². The average molecular weight is 221 g/mol. The normalized spacial score (nSPS) is 21.2. The molecule has 1 saturated heterocycles. The van der Waals surface area contributed by atoms with Crippen molar-refractivity contribution in [3.63, 3.8) is 0 Å². The van der Waals surface area contributed by atoms with Gasteiger partial charge in [0.2, 0.25) is 0 Å². The summed E-state index contributed by atoms with van der Waals surface area (Å²) in [4.78, 5) is 9.85. The van der Waals surface area contributed by atoms with E-state index in [1.807, 2.05) is 11.4 Å². The maximum atomic E-state index is 5.88. The van der Waals surface area contributed by atoms with Gasteiger partial charge < -0.3 is 10.5 Å². The van der Waals surface area contributed by atoms with Crippen molar-refractivity contribution >= 4 is 27.4 Å². The lowest BCUT2D eigenvalue weighted by Gasteiger charge is -2.06. The van der Waals surface area contributed by atoms with Gasteiger partial charge >= 0.3 is 0 Å². The maximum Gasteiger partial charge on any atom is 0.137 e. The van der Waals surface area contributed by atoms with Gasteiger partial charge in [0.25, 0.3) is 0 Å². The van der Waals surface area contributed by atoms with Crippen molar-refractivity contribution < 1.29 is 4.74 Å². The summed E-state index contributed by atoms with van der Waals surface area (Å²) in [5.41, 5.74) is 5.88. The number of nitrogens with two attached hydrogens (primary N) is 1. The van der Waals surface area contributed by atoms with Gasteiger partial charge in [0.1, 0.15) is 16.5 Å². The maximum absolute atomic E-state index is 5.88. The Hall–Kier alpha value is -1.20. The summed E-state index contributed by atoms with van der Waals surface area (Å²) in [7, 11) is 0. The first-order valence-corrected chi connectivity index (χ1v) is 5.81. The van der Waals surface area contributed by atoms with Crippen LogP contribution in [-0.4, -0.2) is 23.2 Å². The first kappa shape index (κ1) is 9.06. The first-order chi connectivity index (χ1) is 7.34. The fourth-order valence-electron chi connectivity index (χ4n) is 1.82. The summed E-state index contributed by atoms with van der Waals surface area (Å²) < 4.78 is 5.33. The van der Waals surface area contributed by atoms with E-state index in [1.54, 1.807) is 11.3 Å². The van der Waals surface area contributed by atoms with Crippen molar-refractivity contribution in [2.75, 3.05) is 18.9 Å². The van der Waals surface area contributed by atoms with Gasteiger partial charge in [-0.05, 0) is 17.9 Å². The summed E-state index contributed by atoms with van der Waals surface area (Å²) >= 11 is 1.60. The Morgan fingerprint density at radius 3 is 3.20 bits per heavy atom. The molecule has 0 saturated carbocycles. The van der Waals surface area contributed by atoms with E-state index in [0.29, 0.717) is 11.7 Å². The number of thiophene rings is 1. The zero-order chi connectivity index (χ0) is 10.3.